The molecule has 0 spiro atoms. The van der Waals surface area contributed by atoms with E-state index in [1.54, 1.807) is 11.9 Å². The number of anilines is 1. The van der Waals surface area contributed by atoms with Crippen molar-refractivity contribution < 1.29 is 38.1 Å². The number of benzene rings is 1. The molecule has 2 amide bonds. The number of nitrogens with two attached hydrogens (primary N) is 1. The third-order valence-corrected chi connectivity index (χ3v) is 8.87. The van der Waals surface area contributed by atoms with Crippen molar-refractivity contribution in [3.8, 4) is 5.75 Å². The molecule has 7 rings (SSSR count). The van der Waals surface area contributed by atoms with E-state index in [1.807, 2.05) is 18.2 Å². The predicted octanol–water partition coefficient (Wildman–Crippen LogP) is 2.73. The van der Waals surface area contributed by atoms with Gasteiger partial charge in [0, 0.05) is 26.2 Å². The first-order valence-corrected chi connectivity index (χ1v) is 13.9. The molecular weight excluding hydrogens is 599 g/mol. The maximum Gasteiger partial charge on any atom is 0.354 e. The summed E-state index contributed by atoms with van der Waals surface area (Å²) in [5.74, 6) is -2.17. The number of halogens is 2. The number of carboxylic acids is 1. The van der Waals surface area contributed by atoms with Gasteiger partial charge in [0.05, 0.1) is 24.4 Å². The Morgan fingerprint density at radius 2 is 1.84 bits per heavy atom. The van der Waals surface area contributed by atoms with Crippen LogP contribution in [-0.2, 0) is 20.9 Å². The highest BCUT2D eigenvalue weighted by Gasteiger charge is 2.53. The van der Waals surface area contributed by atoms with Crippen LogP contribution in [0.15, 0.2) is 30.5 Å². The van der Waals surface area contributed by atoms with E-state index in [0.29, 0.717) is 13.1 Å². The lowest BCUT2D eigenvalue weighted by atomic mass is 9.53. The maximum atomic E-state index is 13.9. The average Bonchev–Trinajstić information content (AvgIpc) is 3.42. The number of nitrogens with zero attached hydrogens (tertiary/aromatic N) is 4. The number of hydrogen-bond acceptors (Lipinski definition) is 9. The van der Waals surface area contributed by atoms with Gasteiger partial charge in [-0.3, -0.25) is 14.4 Å². The van der Waals surface area contributed by atoms with E-state index in [9.17, 15) is 28.7 Å². The van der Waals surface area contributed by atoms with Gasteiger partial charge in [-0.2, -0.15) is 5.10 Å². The number of aromatic carboxylic acids is 1. The molecule has 3 aliphatic carbocycles. The number of nitrogens with one attached hydrogen (secondary N) is 1. The fourth-order valence-electron chi connectivity index (χ4n) is 6.06. The molecule has 15 heteroatoms. The molecule has 236 valence electrons. The number of likely N-dealkylation sites (N-methyl/N-ethyl adjacent to an activating group) is 1. The number of carbonyl (C=O) groups excluding carboxylic acids is 3. The van der Waals surface area contributed by atoms with Crippen LogP contribution in [0.4, 0.5) is 10.1 Å². The first-order valence-electron chi connectivity index (χ1n) is 13.9. The van der Waals surface area contributed by atoms with Gasteiger partial charge in [-0.15, -0.1) is 12.4 Å². The summed E-state index contributed by atoms with van der Waals surface area (Å²) in [5.41, 5.74) is 5.96. The number of amides is 2. The average molecular weight is 633 g/mol. The van der Waals surface area contributed by atoms with E-state index in [0.717, 1.165) is 72.3 Å². The molecule has 13 nitrogen and oxygen atoms in total. The molecular formula is C29H34ClFN6O7. The van der Waals surface area contributed by atoms with Gasteiger partial charge in [-0.05, 0) is 61.6 Å². The summed E-state index contributed by atoms with van der Waals surface area (Å²) < 4.78 is 25.1. The molecule has 2 aromatic heterocycles. The van der Waals surface area contributed by atoms with Crippen LogP contribution in [0.3, 0.4) is 0 Å². The minimum absolute atomic E-state index is 0. The smallest absolute Gasteiger partial charge is 0.354 e. The molecule has 3 heterocycles. The van der Waals surface area contributed by atoms with Crippen molar-refractivity contribution in [1.29, 1.82) is 0 Å². The molecule has 0 atom stereocenters. The Morgan fingerprint density at radius 1 is 1.16 bits per heavy atom. The zero-order chi connectivity index (χ0) is 30.9. The molecule has 2 bridgehead atoms. The van der Waals surface area contributed by atoms with E-state index in [-0.39, 0.29) is 47.6 Å². The van der Waals surface area contributed by atoms with Gasteiger partial charge in [0.25, 0.3) is 11.8 Å². The standard InChI is InChI=1S/C19H21FN4O5.C10H12N2O2.ClH/c1-29-17(28)19-5-2-18(3-6-19,4-7-19)10-21-15(25)13-8-12(16(26)27)23-14-11(20)9-22-24(13)14;1-12-8-4-7(5-11)2-3-9(8)14-6-10(12)13;/h8-9H,2-7,10H2,1H3,(H,21,25)(H,26,27);2-4H,5-6,11H2,1H3;1H. The topological polar surface area (TPSA) is 178 Å². The molecule has 0 saturated heterocycles. The van der Waals surface area contributed by atoms with E-state index < -0.39 is 28.8 Å². The number of ether oxygens (including phenoxy) is 2. The van der Waals surface area contributed by atoms with E-state index in [1.165, 1.54) is 7.11 Å². The highest BCUT2D eigenvalue weighted by atomic mass is 35.5. The molecule has 3 saturated carbocycles. The Labute approximate surface area is 258 Å². The molecule has 4 aliphatic rings. The summed E-state index contributed by atoms with van der Waals surface area (Å²) in [6.07, 6.45) is 5.45. The summed E-state index contributed by atoms with van der Waals surface area (Å²) in [6, 6.07) is 6.72. The van der Waals surface area contributed by atoms with Crippen LogP contribution in [0.25, 0.3) is 5.65 Å². The number of rotatable bonds is 6. The third-order valence-electron chi connectivity index (χ3n) is 8.87. The van der Waals surface area contributed by atoms with Crippen LogP contribution in [0.1, 0.15) is 65.1 Å². The molecule has 44 heavy (non-hydrogen) atoms. The maximum absolute atomic E-state index is 13.9. The van der Waals surface area contributed by atoms with Gasteiger partial charge >= 0.3 is 11.9 Å². The normalized spacial score (nSPS) is 21.7. The Bertz CT molecular complexity index is 1590. The largest absolute Gasteiger partial charge is 0.482 e. The molecule has 1 aromatic carbocycles. The molecule has 0 unspecified atom stereocenters. The van der Waals surface area contributed by atoms with E-state index >= 15 is 0 Å². The molecule has 4 N–H and O–H groups in total. The lowest BCUT2D eigenvalue weighted by Crippen LogP contribution is -2.50. The Balaban J connectivity index is 0.000000248. The summed E-state index contributed by atoms with van der Waals surface area (Å²) in [4.78, 5) is 52.8. The number of carboxylic acid groups (broad SMARTS) is 1. The second kappa shape index (κ2) is 12.7. The summed E-state index contributed by atoms with van der Waals surface area (Å²) in [5, 5.41) is 15.8. The van der Waals surface area contributed by atoms with Crippen molar-refractivity contribution in [1.82, 2.24) is 19.9 Å². The fourth-order valence-corrected chi connectivity index (χ4v) is 6.06. The Morgan fingerprint density at radius 3 is 2.45 bits per heavy atom. The lowest BCUT2D eigenvalue weighted by Gasteiger charge is -2.51. The predicted molar refractivity (Wildman–Crippen MR) is 157 cm³/mol. The van der Waals surface area contributed by atoms with Crippen LogP contribution in [0.5, 0.6) is 5.75 Å². The van der Waals surface area contributed by atoms with Crippen molar-refractivity contribution in [2.75, 3.05) is 32.2 Å². The number of aromatic nitrogens is 3. The highest BCUT2D eigenvalue weighted by Crippen LogP contribution is 2.57. The van der Waals surface area contributed by atoms with Gasteiger partial charge in [0.1, 0.15) is 11.4 Å². The van der Waals surface area contributed by atoms with Crippen LogP contribution < -0.4 is 20.7 Å². The molecule has 3 fully saturated rings. The first kappa shape index (κ1) is 32.6. The minimum Gasteiger partial charge on any atom is -0.482 e. The van der Waals surface area contributed by atoms with E-state index in [2.05, 4.69) is 15.4 Å². The zero-order valence-electron chi connectivity index (χ0n) is 24.3. The van der Waals surface area contributed by atoms with Crippen molar-refractivity contribution in [3.05, 3.63) is 53.2 Å². The van der Waals surface area contributed by atoms with Gasteiger partial charge in [-0.25, -0.2) is 18.7 Å². The van der Waals surface area contributed by atoms with Crippen LogP contribution in [0.2, 0.25) is 0 Å². The lowest BCUT2D eigenvalue weighted by molar-refractivity contribution is -0.162. The molecule has 3 aromatic rings. The SMILES string of the molecule is CN1C(=O)COc2ccc(CN)cc21.COC(=O)C12CCC(CNC(=O)c3cc(C(=O)O)nc4c(F)cnn34)(CC1)CC2.Cl. The van der Waals surface area contributed by atoms with Crippen molar-refractivity contribution in [2.24, 2.45) is 16.6 Å². The monoisotopic (exact) mass is 632 g/mol. The first-order chi connectivity index (χ1) is 20.5. The van der Waals surface area contributed by atoms with Crippen molar-refractivity contribution >= 4 is 47.5 Å². The second-order valence-electron chi connectivity index (χ2n) is 11.3. The van der Waals surface area contributed by atoms with Gasteiger partial charge in [0.15, 0.2) is 23.8 Å². The Hall–Kier alpha value is -4.30. The zero-order valence-corrected chi connectivity index (χ0v) is 25.1. The summed E-state index contributed by atoms with van der Waals surface area (Å²) >= 11 is 0. The quantitative estimate of drug-likeness (QED) is 0.342. The van der Waals surface area contributed by atoms with Crippen molar-refractivity contribution in [2.45, 2.75) is 45.1 Å². The van der Waals surface area contributed by atoms with Gasteiger partial charge < -0.3 is 30.5 Å². The molecule has 1 aliphatic heterocycles. The van der Waals surface area contributed by atoms with Crippen LogP contribution in [-0.4, -0.2) is 70.8 Å². The van der Waals surface area contributed by atoms with Gasteiger partial charge in [0.2, 0.25) is 0 Å². The van der Waals surface area contributed by atoms with Gasteiger partial charge in [-0.1, -0.05) is 6.07 Å². The Kier molecular flexibility index (Phi) is 9.44. The number of carbonyl (C=O) groups is 4. The van der Waals surface area contributed by atoms with Crippen molar-refractivity contribution in [3.63, 3.8) is 0 Å². The number of esters is 1. The van der Waals surface area contributed by atoms with Crippen LogP contribution in [0, 0.1) is 16.6 Å². The minimum atomic E-state index is -1.36. The summed E-state index contributed by atoms with van der Waals surface area (Å²) in [7, 11) is 3.15. The third kappa shape index (κ3) is 6.04. The number of fused-ring (bicyclic) bond motifs is 5. The van der Waals surface area contributed by atoms with E-state index in [4.69, 9.17) is 15.2 Å². The second-order valence-corrected chi connectivity index (χ2v) is 11.3. The number of methoxy groups -OCH3 is 1. The summed E-state index contributed by atoms with van der Waals surface area (Å²) in [6.45, 7) is 0.972. The fraction of sp³-hybridized carbons (Fsp3) is 0.448. The number of hydrogen-bond donors (Lipinski definition) is 3. The van der Waals surface area contributed by atoms with Crippen LogP contribution >= 0.6 is 12.4 Å². The highest BCUT2D eigenvalue weighted by molar-refractivity contribution is 5.97. The molecule has 0 radical (unpaired) electrons.